The summed E-state index contributed by atoms with van der Waals surface area (Å²) in [5.74, 6) is 0.131. The van der Waals surface area contributed by atoms with Crippen LogP contribution in [0.15, 0.2) is 54.6 Å². The Morgan fingerprint density at radius 3 is 2.56 bits per heavy atom. The number of nitrogens with one attached hydrogen (secondary N) is 1. The third-order valence-electron chi connectivity index (χ3n) is 3.86. The summed E-state index contributed by atoms with van der Waals surface area (Å²) in [6.45, 7) is 0. The summed E-state index contributed by atoms with van der Waals surface area (Å²) < 4.78 is 5.13. The van der Waals surface area contributed by atoms with E-state index in [1.807, 2.05) is 12.1 Å². The van der Waals surface area contributed by atoms with Gasteiger partial charge >= 0.3 is 0 Å². The van der Waals surface area contributed by atoms with E-state index in [-0.39, 0.29) is 17.0 Å². The number of ether oxygens (including phenoxy) is 1. The number of benzene rings is 2. The van der Waals surface area contributed by atoms with Crippen molar-refractivity contribution in [2.24, 2.45) is 0 Å². The summed E-state index contributed by atoms with van der Waals surface area (Å²) in [5, 5.41) is 11.1. The van der Waals surface area contributed by atoms with Crippen LogP contribution in [0.2, 0.25) is 0 Å². The molecule has 1 fully saturated rings. The third-order valence-corrected chi connectivity index (χ3v) is 5.08. The quantitative estimate of drug-likeness (QED) is 0.855. The molecule has 2 atom stereocenters. The second-order valence-electron chi connectivity index (χ2n) is 5.49. The Balaban J connectivity index is 1.74. The fourth-order valence-electron chi connectivity index (χ4n) is 2.53. The molecule has 2 aromatic carbocycles. The molecule has 0 spiro atoms. The fraction of sp³-hybridized carbons (Fsp3) is 0.222. The van der Waals surface area contributed by atoms with Gasteiger partial charge in [0.2, 0.25) is 0 Å². The number of rotatable bonds is 5. The van der Waals surface area contributed by atoms with Gasteiger partial charge in [-0.15, -0.1) is 11.8 Å². The van der Waals surface area contributed by atoms with Crippen LogP contribution in [0.3, 0.4) is 0 Å². The Bertz CT molecular complexity index is 751. The van der Waals surface area contributed by atoms with Crippen molar-refractivity contribution < 1.29 is 19.4 Å². The smallest absolute Gasteiger partial charge is 0.272 e. The predicted molar refractivity (Wildman–Crippen MR) is 94.6 cm³/mol. The predicted octanol–water partition coefficient (Wildman–Crippen LogP) is 2.03. The monoisotopic (exact) mass is 358 g/mol. The average Bonchev–Trinajstić information content (AvgIpc) is 3.02. The number of hydrogen-bond acceptors (Lipinski definition) is 5. The number of aliphatic hydroxyl groups excluding tert-OH is 1. The van der Waals surface area contributed by atoms with Crippen LogP contribution in [0, 0.1) is 0 Å². The van der Waals surface area contributed by atoms with E-state index in [1.165, 1.54) is 16.8 Å². The standard InChI is InChI=1S/C18H18N2O4S/c1-24-14-9-7-13(8-10-14)18-20(15(21)11-25-18)19-17(23)16(22)12-5-3-2-4-6-12/h2-10,16,18,22H,11H2,1H3,(H,19,23). The zero-order chi connectivity index (χ0) is 17.8. The second kappa shape index (κ2) is 7.58. The summed E-state index contributed by atoms with van der Waals surface area (Å²) in [4.78, 5) is 24.5. The van der Waals surface area contributed by atoms with Gasteiger partial charge < -0.3 is 9.84 Å². The van der Waals surface area contributed by atoms with Gasteiger partial charge in [0.1, 0.15) is 11.1 Å². The molecule has 2 amide bonds. The van der Waals surface area contributed by atoms with E-state index in [2.05, 4.69) is 5.43 Å². The SMILES string of the molecule is COc1ccc(C2SCC(=O)N2NC(=O)C(O)c2ccccc2)cc1. The molecule has 130 valence electrons. The summed E-state index contributed by atoms with van der Waals surface area (Å²) in [7, 11) is 1.58. The highest BCUT2D eigenvalue weighted by molar-refractivity contribution is 8.00. The van der Waals surface area contributed by atoms with Crippen molar-refractivity contribution in [1.82, 2.24) is 10.4 Å². The number of nitrogens with zero attached hydrogens (tertiary/aromatic N) is 1. The molecule has 1 saturated heterocycles. The molecule has 2 N–H and O–H groups in total. The maximum atomic E-state index is 12.3. The molecule has 0 radical (unpaired) electrons. The molecule has 25 heavy (non-hydrogen) atoms. The lowest BCUT2D eigenvalue weighted by atomic mass is 10.1. The normalized spacial score (nSPS) is 18.1. The molecule has 7 heteroatoms. The second-order valence-corrected chi connectivity index (χ2v) is 6.56. The molecular weight excluding hydrogens is 340 g/mol. The summed E-state index contributed by atoms with van der Waals surface area (Å²) >= 11 is 1.41. The van der Waals surface area contributed by atoms with Crippen molar-refractivity contribution in [2.75, 3.05) is 12.9 Å². The first kappa shape index (κ1) is 17.3. The Kier molecular flexibility index (Phi) is 5.25. The van der Waals surface area contributed by atoms with Gasteiger partial charge in [0.15, 0.2) is 6.10 Å². The van der Waals surface area contributed by atoms with E-state index >= 15 is 0 Å². The van der Waals surface area contributed by atoms with Crippen LogP contribution in [0.25, 0.3) is 0 Å². The van der Waals surface area contributed by atoms with Gasteiger partial charge in [0.25, 0.3) is 11.8 Å². The first-order chi connectivity index (χ1) is 12.1. The summed E-state index contributed by atoms with van der Waals surface area (Å²) in [6, 6.07) is 15.9. The molecular formula is C18H18N2O4S. The number of carbonyl (C=O) groups is 2. The molecule has 1 heterocycles. The number of thioether (sulfide) groups is 1. The Morgan fingerprint density at radius 2 is 1.92 bits per heavy atom. The summed E-state index contributed by atoms with van der Waals surface area (Å²) in [5.41, 5.74) is 3.89. The van der Waals surface area contributed by atoms with Crippen molar-refractivity contribution in [2.45, 2.75) is 11.5 Å². The molecule has 2 aromatic rings. The molecule has 2 unspecified atom stereocenters. The van der Waals surface area contributed by atoms with Crippen LogP contribution in [-0.2, 0) is 9.59 Å². The highest BCUT2D eigenvalue weighted by Gasteiger charge is 2.35. The average molecular weight is 358 g/mol. The van der Waals surface area contributed by atoms with Crippen molar-refractivity contribution >= 4 is 23.6 Å². The largest absolute Gasteiger partial charge is 0.497 e. The Hall–Kier alpha value is -2.51. The zero-order valence-corrected chi connectivity index (χ0v) is 14.4. The number of aliphatic hydroxyl groups is 1. The minimum Gasteiger partial charge on any atom is -0.497 e. The molecule has 0 aliphatic carbocycles. The van der Waals surface area contributed by atoms with E-state index in [4.69, 9.17) is 4.74 Å². The molecule has 1 aliphatic rings. The minimum atomic E-state index is -1.34. The van der Waals surface area contributed by atoms with Crippen molar-refractivity contribution in [3.05, 3.63) is 65.7 Å². The first-order valence-corrected chi connectivity index (χ1v) is 8.76. The zero-order valence-electron chi connectivity index (χ0n) is 13.6. The van der Waals surface area contributed by atoms with Crippen LogP contribution >= 0.6 is 11.8 Å². The Labute approximate surface area is 149 Å². The summed E-state index contributed by atoms with van der Waals surface area (Å²) in [6.07, 6.45) is -1.34. The first-order valence-electron chi connectivity index (χ1n) is 7.71. The number of amides is 2. The molecule has 0 saturated carbocycles. The highest BCUT2D eigenvalue weighted by atomic mass is 32.2. The molecule has 0 aromatic heterocycles. The van der Waals surface area contributed by atoms with E-state index < -0.39 is 12.0 Å². The van der Waals surface area contributed by atoms with Crippen LogP contribution in [0.4, 0.5) is 0 Å². The van der Waals surface area contributed by atoms with Gasteiger partial charge in [-0.1, -0.05) is 42.5 Å². The van der Waals surface area contributed by atoms with E-state index in [1.54, 1.807) is 49.6 Å². The van der Waals surface area contributed by atoms with Gasteiger partial charge in [0.05, 0.1) is 12.9 Å². The highest BCUT2D eigenvalue weighted by Crippen LogP contribution is 2.37. The van der Waals surface area contributed by atoms with Crippen molar-refractivity contribution in [3.63, 3.8) is 0 Å². The van der Waals surface area contributed by atoms with Crippen LogP contribution in [-0.4, -0.2) is 34.8 Å². The van der Waals surface area contributed by atoms with Crippen molar-refractivity contribution in [1.29, 1.82) is 0 Å². The number of hydrazine groups is 1. The number of methoxy groups -OCH3 is 1. The van der Waals surface area contributed by atoms with Crippen LogP contribution in [0.5, 0.6) is 5.75 Å². The molecule has 1 aliphatic heterocycles. The topological polar surface area (TPSA) is 78.9 Å². The maximum absolute atomic E-state index is 12.3. The molecule has 0 bridgehead atoms. The third kappa shape index (κ3) is 3.78. The maximum Gasteiger partial charge on any atom is 0.272 e. The molecule has 3 rings (SSSR count). The lowest BCUT2D eigenvalue weighted by molar-refractivity contribution is -0.144. The van der Waals surface area contributed by atoms with Crippen LogP contribution in [0.1, 0.15) is 22.6 Å². The fourth-order valence-corrected chi connectivity index (χ4v) is 3.63. The van der Waals surface area contributed by atoms with Gasteiger partial charge in [0, 0.05) is 0 Å². The molecule has 6 nitrogen and oxygen atoms in total. The number of carbonyl (C=O) groups excluding carboxylic acids is 2. The number of hydrogen-bond donors (Lipinski definition) is 2. The van der Waals surface area contributed by atoms with E-state index in [0.717, 1.165) is 5.56 Å². The van der Waals surface area contributed by atoms with Gasteiger partial charge in [-0.25, -0.2) is 5.01 Å². The lowest BCUT2D eigenvalue weighted by Gasteiger charge is -2.26. The minimum absolute atomic E-state index is 0.209. The van der Waals surface area contributed by atoms with E-state index in [0.29, 0.717) is 11.3 Å². The van der Waals surface area contributed by atoms with Gasteiger partial charge in [-0.2, -0.15) is 0 Å². The van der Waals surface area contributed by atoms with Gasteiger partial charge in [-0.3, -0.25) is 15.0 Å². The van der Waals surface area contributed by atoms with E-state index in [9.17, 15) is 14.7 Å². The lowest BCUT2D eigenvalue weighted by Crippen LogP contribution is -2.46. The Morgan fingerprint density at radius 1 is 1.24 bits per heavy atom. The van der Waals surface area contributed by atoms with Crippen LogP contribution < -0.4 is 10.2 Å². The van der Waals surface area contributed by atoms with Gasteiger partial charge in [-0.05, 0) is 23.3 Å². The van der Waals surface area contributed by atoms with Crippen molar-refractivity contribution in [3.8, 4) is 5.75 Å².